The molecule has 2 rings (SSSR count). The zero-order chi connectivity index (χ0) is 13.1. The molecular weight excluding hydrogens is 316 g/mol. The van der Waals surface area contributed by atoms with Crippen molar-refractivity contribution in [2.24, 2.45) is 5.73 Å². The lowest BCUT2D eigenvalue weighted by Gasteiger charge is -2.04. The highest BCUT2D eigenvalue weighted by atomic mass is 79.9. The average molecular weight is 327 g/mol. The predicted octanol–water partition coefficient (Wildman–Crippen LogP) is 3.05. The van der Waals surface area contributed by atoms with E-state index in [0.29, 0.717) is 5.69 Å². The van der Waals surface area contributed by atoms with E-state index in [2.05, 4.69) is 20.9 Å². The average Bonchev–Trinajstić information content (AvgIpc) is 2.78. The zero-order valence-electron chi connectivity index (χ0n) is 9.34. The van der Waals surface area contributed by atoms with Crippen molar-refractivity contribution in [3.63, 3.8) is 0 Å². The van der Waals surface area contributed by atoms with Gasteiger partial charge < -0.3 is 10.8 Å². The van der Waals surface area contributed by atoms with Gasteiger partial charge in [0.2, 0.25) is 0 Å². The quantitative estimate of drug-likeness (QED) is 0.905. The first kappa shape index (κ1) is 13.2. The van der Waals surface area contributed by atoms with Crippen LogP contribution in [0.25, 0.3) is 10.6 Å². The van der Waals surface area contributed by atoms with E-state index in [1.54, 1.807) is 0 Å². The summed E-state index contributed by atoms with van der Waals surface area (Å²) in [6.45, 7) is 0. The number of hydrogen-bond donors (Lipinski definition) is 2. The number of thiazole rings is 1. The van der Waals surface area contributed by atoms with Crippen LogP contribution in [-0.2, 0) is 4.79 Å². The summed E-state index contributed by atoms with van der Waals surface area (Å²) in [7, 11) is 0. The standard InChI is InChI=1S/C12H11BrN2O2S/c13-8-3-1-7(2-4-8)12-15-10(6-18-12)9(14)5-11(16)17/h1-4,6,9H,5,14H2,(H,16,17). The van der Waals surface area contributed by atoms with Crippen LogP contribution < -0.4 is 5.73 Å². The summed E-state index contributed by atoms with van der Waals surface area (Å²) in [6.07, 6.45) is -0.108. The van der Waals surface area contributed by atoms with Crippen LogP contribution in [0, 0.1) is 0 Å². The number of nitrogens with two attached hydrogens (primary N) is 1. The smallest absolute Gasteiger partial charge is 0.305 e. The minimum Gasteiger partial charge on any atom is -0.481 e. The Kier molecular flexibility index (Phi) is 4.11. The molecule has 1 unspecified atom stereocenters. The molecule has 18 heavy (non-hydrogen) atoms. The fraction of sp³-hybridized carbons (Fsp3) is 0.167. The van der Waals surface area contributed by atoms with Crippen molar-refractivity contribution in [2.75, 3.05) is 0 Å². The normalized spacial score (nSPS) is 12.3. The van der Waals surface area contributed by atoms with E-state index in [4.69, 9.17) is 10.8 Å². The topological polar surface area (TPSA) is 76.2 Å². The fourth-order valence-electron chi connectivity index (χ4n) is 1.47. The molecule has 2 aromatic rings. The Morgan fingerprint density at radius 3 is 2.72 bits per heavy atom. The molecule has 0 radical (unpaired) electrons. The van der Waals surface area contributed by atoms with Gasteiger partial charge in [-0.25, -0.2) is 4.98 Å². The summed E-state index contributed by atoms with van der Waals surface area (Å²) in [5.74, 6) is -0.916. The van der Waals surface area contributed by atoms with E-state index in [0.717, 1.165) is 15.0 Å². The highest BCUT2D eigenvalue weighted by Gasteiger charge is 2.14. The van der Waals surface area contributed by atoms with Gasteiger partial charge in [0.15, 0.2) is 0 Å². The Bertz CT molecular complexity index is 553. The summed E-state index contributed by atoms with van der Waals surface area (Å²) >= 11 is 4.84. The molecule has 0 bridgehead atoms. The lowest BCUT2D eigenvalue weighted by Crippen LogP contribution is -2.15. The van der Waals surface area contributed by atoms with Crippen LogP contribution in [0.2, 0.25) is 0 Å². The van der Waals surface area contributed by atoms with Crippen molar-refractivity contribution in [3.05, 3.63) is 39.8 Å². The molecule has 0 aliphatic rings. The van der Waals surface area contributed by atoms with Crippen LogP contribution in [0.3, 0.4) is 0 Å². The number of hydrogen-bond acceptors (Lipinski definition) is 4. The number of rotatable bonds is 4. The molecule has 0 fully saturated rings. The number of halogens is 1. The monoisotopic (exact) mass is 326 g/mol. The molecule has 0 saturated heterocycles. The lowest BCUT2D eigenvalue weighted by molar-refractivity contribution is -0.137. The van der Waals surface area contributed by atoms with E-state index in [1.165, 1.54) is 11.3 Å². The maximum atomic E-state index is 10.6. The summed E-state index contributed by atoms with van der Waals surface area (Å²) in [4.78, 5) is 15.0. The van der Waals surface area contributed by atoms with E-state index in [-0.39, 0.29) is 6.42 Å². The van der Waals surface area contributed by atoms with Crippen LogP contribution in [0.15, 0.2) is 34.1 Å². The summed E-state index contributed by atoms with van der Waals surface area (Å²) in [5.41, 5.74) is 7.39. The molecule has 0 saturated carbocycles. The first-order chi connectivity index (χ1) is 8.56. The van der Waals surface area contributed by atoms with Gasteiger partial charge in [0, 0.05) is 15.4 Å². The van der Waals surface area contributed by atoms with E-state index < -0.39 is 12.0 Å². The van der Waals surface area contributed by atoms with Crippen molar-refractivity contribution >= 4 is 33.2 Å². The molecular formula is C12H11BrN2O2S. The third kappa shape index (κ3) is 3.16. The summed E-state index contributed by atoms with van der Waals surface area (Å²) < 4.78 is 1.01. The second-order valence-electron chi connectivity index (χ2n) is 3.79. The molecule has 0 aliphatic heterocycles. The molecule has 4 nitrogen and oxygen atoms in total. The van der Waals surface area contributed by atoms with Gasteiger partial charge in [-0.2, -0.15) is 0 Å². The van der Waals surface area contributed by atoms with Crippen LogP contribution in [0.1, 0.15) is 18.2 Å². The maximum Gasteiger partial charge on any atom is 0.305 e. The second kappa shape index (κ2) is 5.60. The number of carboxylic acids is 1. The molecule has 0 aliphatic carbocycles. The van der Waals surface area contributed by atoms with Gasteiger partial charge in [0.05, 0.1) is 18.2 Å². The number of carbonyl (C=O) groups is 1. The van der Waals surface area contributed by atoms with Crippen LogP contribution in [0.4, 0.5) is 0 Å². The van der Waals surface area contributed by atoms with E-state index in [9.17, 15) is 4.79 Å². The number of nitrogens with zero attached hydrogens (tertiary/aromatic N) is 1. The Morgan fingerprint density at radius 1 is 1.44 bits per heavy atom. The van der Waals surface area contributed by atoms with Crippen molar-refractivity contribution < 1.29 is 9.90 Å². The van der Waals surface area contributed by atoms with Crippen molar-refractivity contribution in [3.8, 4) is 10.6 Å². The number of benzene rings is 1. The SMILES string of the molecule is NC(CC(=O)O)c1csc(-c2ccc(Br)cc2)n1. The summed E-state index contributed by atoms with van der Waals surface area (Å²) in [5, 5.41) is 11.3. The predicted molar refractivity (Wildman–Crippen MR) is 74.4 cm³/mol. The van der Waals surface area contributed by atoms with Gasteiger partial charge in [-0.05, 0) is 12.1 Å². The molecule has 1 aromatic heterocycles. The summed E-state index contributed by atoms with van der Waals surface area (Å²) in [6, 6.07) is 7.23. The zero-order valence-corrected chi connectivity index (χ0v) is 11.7. The molecule has 0 amide bonds. The third-order valence-electron chi connectivity index (χ3n) is 2.39. The molecule has 1 heterocycles. The third-order valence-corrected chi connectivity index (χ3v) is 3.83. The molecule has 6 heteroatoms. The maximum absolute atomic E-state index is 10.6. The first-order valence-corrected chi connectivity index (χ1v) is 6.92. The van der Waals surface area contributed by atoms with Crippen LogP contribution in [0.5, 0.6) is 0 Å². The second-order valence-corrected chi connectivity index (χ2v) is 5.56. The Balaban J connectivity index is 2.19. The lowest BCUT2D eigenvalue weighted by atomic mass is 10.2. The van der Waals surface area contributed by atoms with Crippen molar-refractivity contribution in [2.45, 2.75) is 12.5 Å². The minimum atomic E-state index is -0.916. The van der Waals surface area contributed by atoms with E-state index >= 15 is 0 Å². The highest BCUT2D eigenvalue weighted by Crippen LogP contribution is 2.27. The largest absolute Gasteiger partial charge is 0.481 e. The number of aliphatic carboxylic acids is 1. The Hall–Kier alpha value is -1.24. The van der Waals surface area contributed by atoms with Crippen LogP contribution in [-0.4, -0.2) is 16.1 Å². The van der Waals surface area contributed by atoms with Crippen LogP contribution >= 0.6 is 27.3 Å². The molecule has 3 N–H and O–H groups in total. The van der Waals surface area contributed by atoms with Crippen molar-refractivity contribution in [1.82, 2.24) is 4.98 Å². The van der Waals surface area contributed by atoms with E-state index in [1.807, 2.05) is 29.6 Å². The molecule has 1 atom stereocenters. The Labute approximate surface area is 117 Å². The highest BCUT2D eigenvalue weighted by molar-refractivity contribution is 9.10. The minimum absolute atomic E-state index is 0.108. The van der Waals surface area contributed by atoms with Gasteiger partial charge in [-0.1, -0.05) is 28.1 Å². The first-order valence-electron chi connectivity index (χ1n) is 5.25. The molecule has 0 spiro atoms. The van der Waals surface area contributed by atoms with Gasteiger partial charge in [-0.3, -0.25) is 4.79 Å². The fourth-order valence-corrected chi connectivity index (χ4v) is 2.63. The van der Waals surface area contributed by atoms with Gasteiger partial charge >= 0.3 is 5.97 Å². The van der Waals surface area contributed by atoms with Gasteiger partial charge in [0.25, 0.3) is 0 Å². The molecule has 94 valence electrons. The molecule has 1 aromatic carbocycles. The van der Waals surface area contributed by atoms with Gasteiger partial charge in [0.1, 0.15) is 5.01 Å². The number of aromatic nitrogens is 1. The van der Waals surface area contributed by atoms with Crippen molar-refractivity contribution in [1.29, 1.82) is 0 Å². The number of carboxylic acid groups (broad SMARTS) is 1. The Morgan fingerprint density at radius 2 is 2.11 bits per heavy atom. The van der Waals surface area contributed by atoms with Gasteiger partial charge in [-0.15, -0.1) is 11.3 Å².